The Labute approximate surface area is 349 Å². The molecule has 14 nitrogen and oxygen atoms in total. The van der Waals surface area contributed by atoms with Crippen molar-refractivity contribution in [1.29, 1.82) is 0 Å². The number of amides is 1. The summed E-state index contributed by atoms with van der Waals surface area (Å²) in [6.07, 6.45) is 5.05. The van der Waals surface area contributed by atoms with Crippen molar-refractivity contribution in [1.82, 2.24) is 14.9 Å². The number of rotatable bonds is 18. The van der Waals surface area contributed by atoms with Crippen LogP contribution in [0.1, 0.15) is 79.6 Å². The summed E-state index contributed by atoms with van der Waals surface area (Å²) >= 11 is 6.94. The van der Waals surface area contributed by atoms with E-state index in [0.29, 0.717) is 58.2 Å². The van der Waals surface area contributed by atoms with Crippen LogP contribution < -0.4 is 14.8 Å². The molecule has 4 aliphatic rings. The molecule has 59 heavy (non-hydrogen) atoms. The van der Waals surface area contributed by atoms with E-state index in [0.717, 1.165) is 12.8 Å². The van der Waals surface area contributed by atoms with Gasteiger partial charge in [0, 0.05) is 37.4 Å². The summed E-state index contributed by atoms with van der Waals surface area (Å²) < 4.78 is 29.3. The number of likely N-dealkylation sites (tertiary alicyclic amines) is 1. The molecular weight excluding hydrogens is 780 g/mol. The lowest BCUT2D eigenvalue weighted by Crippen LogP contribution is -2.48. The number of carboxylic acids is 1. The number of carboxylic acid groups (broad SMARTS) is 1. The number of nitrogens with zero attached hydrogens (tertiary/aromatic N) is 3. The highest BCUT2D eigenvalue weighted by Crippen LogP contribution is 2.57. The number of hydrogen-bond donors (Lipinski definition) is 2. The molecule has 4 fully saturated rings. The molecule has 318 valence electrons. The molecule has 1 saturated heterocycles. The monoisotopic (exact) mass is 834 g/mol. The number of aromatic nitrogens is 2. The quantitative estimate of drug-likeness (QED) is 0.0738. The Bertz CT molecular complexity index is 2100. The number of nitrogens with one attached hydrogen (secondary N) is 1. The van der Waals surface area contributed by atoms with Gasteiger partial charge in [0.2, 0.25) is 5.91 Å². The molecule has 1 aliphatic heterocycles. The predicted molar refractivity (Wildman–Crippen MR) is 219 cm³/mol. The lowest BCUT2D eigenvalue weighted by Gasteiger charge is -2.35. The molecule has 7 rings (SSSR count). The summed E-state index contributed by atoms with van der Waals surface area (Å²) in [6.45, 7) is 14.0. The van der Waals surface area contributed by atoms with Gasteiger partial charge in [0.1, 0.15) is 47.3 Å². The number of aliphatic carboxylic acids is 1. The van der Waals surface area contributed by atoms with E-state index in [1.807, 2.05) is 34.6 Å². The van der Waals surface area contributed by atoms with Crippen molar-refractivity contribution in [3.63, 3.8) is 0 Å². The second kappa shape index (κ2) is 16.8. The van der Waals surface area contributed by atoms with Gasteiger partial charge in [-0.2, -0.15) is 4.98 Å². The van der Waals surface area contributed by atoms with Crippen molar-refractivity contribution >= 4 is 52.1 Å². The van der Waals surface area contributed by atoms with Crippen molar-refractivity contribution in [2.75, 3.05) is 32.2 Å². The minimum Gasteiger partial charge on any atom is -0.490 e. The minimum atomic E-state index is -1.28. The van der Waals surface area contributed by atoms with Crippen molar-refractivity contribution in [3.8, 4) is 22.9 Å². The fourth-order valence-corrected chi connectivity index (χ4v) is 9.08. The third-order valence-corrected chi connectivity index (χ3v) is 12.7. The predicted octanol–water partition coefficient (Wildman–Crippen LogP) is 7.37. The third kappa shape index (κ3) is 9.08. The molecule has 0 spiro atoms. The number of oxazole rings is 1. The summed E-state index contributed by atoms with van der Waals surface area (Å²) in [4.78, 5) is 66.0. The molecule has 1 aromatic carbocycles. The van der Waals surface area contributed by atoms with Crippen LogP contribution in [0.5, 0.6) is 11.5 Å². The first kappa shape index (κ1) is 42.4. The first-order valence-corrected chi connectivity index (χ1v) is 20.9. The topological polar surface area (TPSA) is 180 Å². The Kier molecular flexibility index (Phi) is 12.1. The van der Waals surface area contributed by atoms with E-state index in [-0.39, 0.29) is 73.6 Å². The molecule has 2 aromatic heterocycles. The Morgan fingerprint density at radius 2 is 1.81 bits per heavy atom. The van der Waals surface area contributed by atoms with E-state index in [9.17, 15) is 24.3 Å². The number of anilines is 1. The Hall–Kier alpha value is -4.69. The van der Waals surface area contributed by atoms with Crippen LogP contribution in [0, 0.1) is 34.5 Å². The molecule has 8 atom stereocenters. The maximum Gasteiger partial charge on any atom is 0.310 e. The van der Waals surface area contributed by atoms with Crippen LogP contribution >= 0.6 is 11.6 Å². The van der Waals surface area contributed by atoms with Crippen LogP contribution in [0.15, 0.2) is 41.5 Å². The van der Waals surface area contributed by atoms with E-state index < -0.39 is 40.8 Å². The van der Waals surface area contributed by atoms with Crippen molar-refractivity contribution < 1.29 is 47.6 Å². The second-order valence-electron chi connectivity index (χ2n) is 18.1. The largest absolute Gasteiger partial charge is 0.490 e. The van der Waals surface area contributed by atoms with E-state index in [2.05, 4.69) is 16.9 Å². The van der Waals surface area contributed by atoms with Gasteiger partial charge in [-0.05, 0) is 74.8 Å². The minimum absolute atomic E-state index is 0.00528. The summed E-state index contributed by atoms with van der Waals surface area (Å²) in [5, 5.41) is 14.1. The van der Waals surface area contributed by atoms with E-state index in [4.69, 9.17) is 39.9 Å². The zero-order chi connectivity index (χ0) is 42.4. The molecule has 3 saturated carbocycles. The number of esters is 1. The number of carbonyl (C=O) groups excluding carboxylic acids is 3. The van der Waals surface area contributed by atoms with E-state index in [1.54, 1.807) is 31.4 Å². The van der Waals surface area contributed by atoms with Gasteiger partial charge in [-0.1, -0.05) is 38.4 Å². The molecular formula is C44H55ClN4O10. The van der Waals surface area contributed by atoms with E-state index >= 15 is 0 Å². The van der Waals surface area contributed by atoms with Gasteiger partial charge in [0.15, 0.2) is 5.78 Å². The Morgan fingerprint density at radius 3 is 2.46 bits per heavy atom. The van der Waals surface area contributed by atoms with Crippen molar-refractivity contribution in [2.45, 2.75) is 104 Å². The molecule has 3 aromatic rings. The van der Waals surface area contributed by atoms with Crippen LogP contribution in [0.25, 0.3) is 22.3 Å². The molecule has 3 aliphatic carbocycles. The van der Waals surface area contributed by atoms with Gasteiger partial charge in [-0.3, -0.25) is 19.2 Å². The maximum absolute atomic E-state index is 14.8. The number of hydrogen-bond acceptors (Lipinski definition) is 12. The average Bonchev–Trinajstić information content (AvgIpc) is 3.84. The van der Waals surface area contributed by atoms with Crippen molar-refractivity contribution in [3.05, 3.63) is 42.1 Å². The third-order valence-electron chi connectivity index (χ3n) is 12.3. The average molecular weight is 835 g/mol. The lowest BCUT2D eigenvalue weighted by atomic mass is 9.77. The molecule has 3 heterocycles. The first-order valence-electron chi connectivity index (χ1n) is 20.5. The van der Waals surface area contributed by atoms with Gasteiger partial charge >= 0.3 is 11.9 Å². The number of benzene rings is 1. The molecule has 1 amide bonds. The number of Topliss-reactive ketones (excluding diaryl/α,β-unsaturated/α-hetero) is 1. The number of ketones is 1. The highest BCUT2D eigenvalue weighted by molar-refractivity contribution is 6.36. The SMILES string of the molecule is C=C[C@@H]1C[C@]1(CC(=O)[C@@H]1C[C@@H](Oc2cc(-c3coc(NC(C)C)n3)nc3c(Cl)c(OCCOC)ccc23)CN1C(=O)[C@@H](CC(=O)OC1C[C@@H]2C[C@@H]2C1)C(C)(C)C)C(=O)O. The van der Waals surface area contributed by atoms with Gasteiger partial charge in [0.25, 0.3) is 6.01 Å². The smallest absolute Gasteiger partial charge is 0.310 e. The number of carbonyl (C=O) groups is 4. The standard InChI is InChI=1S/C44H55ClN4O10/c1-8-26-19-44(26,41(53)54)20-34(50)33-16-28(21-49(33)40(52)30(43(4,5)6)17-37(51)59-27-14-24-13-25(24)15-27)58-36-18-31(32-22-57-42(48-32)46-23(2)3)47-39-29(36)9-10-35(38(39)45)56-12-11-55-7/h8-10,18,22-28,30,33H,1,11-17,19-21H2,2-7H3,(H,46,48)(H,53,54)/t24-,25+,26-,27?,28-,30-,33+,44-/m1/s1. The number of pyridine rings is 1. The van der Waals surface area contributed by atoms with Crippen LogP contribution in [-0.4, -0.2) is 94.8 Å². The normalized spacial score (nSPS) is 26.3. The summed E-state index contributed by atoms with van der Waals surface area (Å²) in [6, 6.07) is 4.56. The summed E-state index contributed by atoms with van der Waals surface area (Å²) in [5.74, 6) is -1.46. The van der Waals surface area contributed by atoms with Crippen LogP contribution in [0.3, 0.4) is 0 Å². The number of fused-ring (bicyclic) bond motifs is 2. The lowest BCUT2D eigenvalue weighted by molar-refractivity contribution is -0.157. The molecule has 0 bridgehead atoms. The van der Waals surface area contributed by atoms with Gasteiger partial charge in [-0.25, -0.2) is 4.98 Å². The fraction of sp³-hybridized carbons (Fsp3) is 0.591. The Balaban J connectivity index is 1.21. The highest BCUT2D eigenvalue weighted by Gasteiger charge is 2.61. The van der Waals surface area contributed by atoms with Crippen LogP contribution in [-0.2, 0) is 28.7 Å². The first-order chi connectivity index (χ1) is 28.0. The summed E-state index contributed by atoms with van der Waals surface area (Å²) in [5.41, 5.74) is -0.788. The van der Waals surface area contributed by atoms with Gasteiger partial charge in [0.05, 0.1) is 48.2 Å². The zero-order valence-electron chi connectivity index (χ0n) is 34.6. The molecule has 0 radical (unpaired) electrons. The Morgan fingerprint density at radius 1 is 1.07 bits per heavy atom. The zero-order valence-corrected chi connectivity index (χ0v) is 35.4. The number of halogens is 1. The number of methoxy groups -OCH3 is 1. The summed E-state index contributed by atoms with van der Waals surface area (Å²) in [7, 11) is 1.57. The van der Waals surface area contributed by atoms with E-state index in [1.165, 1.54) is 17.6 Å². The van der Waals surface area contributed by atoms with Gasteiger partial charge in [-0.15, -0.1) is 6.58 Å². The molecule has 15 heteroatoms. The highest BCUT2D eigenvalue weighted by atomic mass is 35.5. The maximum atomic E-state index is 14.8. The van der Waals surface area contributed by atoms with Crippen LogP contribution in [0.4, 0.5) is 6.01 Å². The molecule has 1 unspecified atom stereocenters. The number of ether oxygens (including phenoxy) is 4. The number of allylic oxidation sites excluding steroid dienone is 1. The van der Waals surface area contributed by atoms with Crippen LogP contribution in [0.2, 0.25) is 5.02 Å². The fourth-order valence-electron chi connectivity index (χ4n) is 8.82. The van der Waals surface area contributed by atoms with Crippen molar-refractivity contribution in [2.24, 2.45) is 34.5 Å². The molecule has 2 N–H and O–H groups in total. The van der Waals surface area contributed by atoms with Gasteiger partial charge < -0.3 is 38.7 Å². The second-order valence-corrected chi connectivity index (χ2v) is 18.4.